The lowest BCUT2D eigenvalue weighted by Gasteiger charge is -2.26. The maximum Gasteiger partial charge on any atom is 0.168 e. The molecule has 1 N–H and O–H groups in total. The molecule has 2 rings (SSSR count). The third-order valence-corrected chi connectivity index (χ3v) is 3.96. The number of benzene rings is 1. The summed E-state index contributed by atoms with van der Waals surface area (Å²) in [4.78, 5) is 17.4. The molecular weight excluding hydrogens is 286 g/mol. The van der Waals surface area contributed by atoms with Crippen molar-refractivity contribution in [1.29, 1.82) is 0 Å². The zero-order chi connectivity index (χ0) is 17.0. The molecule has 1 unspecified atom stereocenters. The molecule has 0 spiro atoms. The minimum Gasteiger partial charge on any atom is -0.511 e. The first kappa shape index (κ1) is 17.5. The standard InChI is InChI=1S/C20H27NO2/c1-5-9-16(21-20(2,3)4)19-17(22)12-15(13-18(19)23)14-10-7-6-8-11-14/h6-8,10-11,15,22H,5,9,12-13H2,1-4H3. The van der Waals surface area contributed by atoms with Gasteiger partial charge in [0.25, 0.3) is 0 Å². The van der Waals surface area contributed by atoms with Crippen molar-refractivity contribution in [3.63, 3.8) is 0 Å². The van der Waals surface area contributed by atoms with Crippen LogP contribution < -0.4 is 0 Å². The zero-order valence-corrected chi connectivity index (χ0v) is 14.6. The fraction of sp³-hybridized carbons (Fsp3) is 0.500. The number of rotatable bonds is 4. The molecule has 3 nitrogen and oxygen atoms in total. The molecule has 23 heavy (non-hydrogen) atoms. The second-order valence-electron chi connectivity index (χ2n) is 7.24. The molecule has 0 aromatic heterocycles. The van der Waals surface area contributed by atoms with Crippen LogP contribution in [0.25, 0.3) is 0 Å². The molecule has 0 bridgehead atoms. The lowest BCUT2D eigenvalue weighted by Crippen LogP contribution is -2.26. The highest BCUT2D eigenvalue weighted by Crippen LogP contribution is 2.34. The lowest BCUT2D eigenvalue weighted by atomic mass is 9.80. The van der Waals surface area contributed by atoms with Crippen LogP contribution in [0.1, 0.15) is 64.9 Å². The summed E-state index contributed by atoms with van der Waals surface area (Å²) < 4.78 is 0. The lowest BCUT2D eigenvalue weighted by molar-refractivity contribution is -0.116. The highest BCUT2D eigenvalue weighted by atomic mass is 16.3. The number of hydrogen-bond acceptors (Lipinski definition) is 3. The number of aliphatic imine (C=N–C) groups is 1. The van der Waals surface area contributed by atoms with Crippen molar-refractivity contribution in [2.75, 3.05) is 0 Å². The van der Waals surface area contributed by atoms with Crippen molar-refractivity contribution in [2.45, 2.75) is 64.8 Å². The molecule has 1 aromatic rings. The topological polar surface area (TPSA) is 49.7 Å². The van der Waals surface area contributed by atoms with Gasteiger partial charge in [-0.15, -0.1) is 0 Å². The molecule has 0 aliphatic heterocycles. The number of Topliss-reactive ketones (excluding diaryl/α,β-unsaturated/α-hetero) is 1. The van der Waals surface area contributed by atoms with Crippen LogP contribution in [0.15, 0.2) is 46.7 Å². The van der Waals surface area contributed by atoms with E-state index in [0.29, 0.717) is 18.4 Å². The van der Waals surface area contributed by atoms with Crippen LogP contribution >= 0.6 is 0 Å². The average Bonchev–Trinajstić information content (AvgIpc) is 2.46. The Morgan fingerprint density at radius 1 is 1.22 bits per heavy atom. The summed E-state index contributed by atoms with van der Waals surface area (Å²) >= 11 is 0. The van der Waals surface area contributed by atoms with Crippen molar-refractivity contribution < 1.29 is 9.90 Å². The van der Waals surface area contributed by atoms with Gasteiger partial charge in [0.15, 0.2) is 5.78 Å². The minimum atomic E-state index is -0.256. The van der Waals surface area contributed by atoms with Crippen molar-refractivity contribution in [1.82, 2.24) is 0 Å². The molecule has 124 valence electrons. The van der Waals surface area contributed by atoms with Gasteiger partial charge in [-0.3, -0.25) is 9.79 Å². The van der Waals surface area contributed by atoms with E-state index in [1.165, 1.54) is 0 Å². The summed E-state index contributed by atoms with van der Waals surface area (Å²) in [5.41, 5.74) is 2.08. The van der Waals surface area contributed by atoms with Gasteiger partial charge in [-0.2, -0.15) is 0 Å². The van der Waals surface area contributed by atoms with Gasteiger partial charge in [-0.1, -0.05) is 43.7 Å². The first-order valence-corrected chi connectivity index (χ1v) is 8.41. The molecule has 0 radical (unpaired) electrons. The summed E-state index contributed by atoms with van der Waals surface area (Å²) in [7, 11) is 0. The molecule has 1 atom stereocenters. The van der Waals surface area contributed by atoms with Crippen LogP contribution in [0.5, 0.6) is 0 Å². The van der Waals surface area contributed by atoms with Gasteiger partial charge in [0, 0.05) is 18.6 Å². The Kier molecular flexibility index (Phi) is 5.40. The van der Waals surface area contributed by atoms with E-state index < -0.39 is 0 Å². The van der Waals surface area contributed by atoms with Crippen LogP contribution in [0.4, 0.5) is 0 Å². The molecule has 1 aliphatic rings. The zero-order valence-electron chi connectivity index (χ0n) is 14.6. The van der Waals surface area contributed by atoms with Gasteiger partial charge in [-0.05, 0) is 38.7 Å². The Balaban J connectivity index is 2.35. The Morgan fingerprint density at radius 3 is 2.39 bits per heavy atom. The molecule has 0 heterocycles. The van der Waals surface area contributed by atoms with Gasteiger partial charge in [0.2, 0.25) is 0 Å². The van der Waals surface area contributed by atoms with Crippen LogP contribution in [-0.2, 0) is 4.79 Å². The number of carbonyl (C=O) groups is 1. The van der Waals surface area contributed by atoms with Gasteiger partial charge in [-0.25, -0.2) is 0 Å². The second kappa shape index (κ2) is 7.12. The number of aliphatic hydroxyl groups is 1. The van der Waals surface area contributed by atoms with Crippen molar-refractivity contribution in [3.05, 3.63) is 47.2 Å². The van der Waals surface area contributed by atoms with Crippen LogP contribution in [-0.4, -0.2) is 22.1 Å². The Labute approximate surface area is 139 Å². The molecule has 0 saturated heterocycles. The number of allylic oxidation sites excluding steroid dienone is 2. The normalized spacial score (nSPS) is 20.1. The summed E-state index contributed by atoms with van der Waals surface area (Å²) in [6.07, 6.45) is 2.58. The van der Waals surface area contributed by atoms with E-state index in [-0.39, 0.29) is 23.0 Å². The Hall–Kier alpha value is -1.90. The van der Waals surface area contributed by atoms with Crippen LogP contribution in [0.2, 0.25) is 0 Å². The summed E-state index contributed by atoms with van der Waals surface area (Å²) in [6, 6.07) is 9.95. The van der Waals surface area contributed by atoms with E-state index in [4.69, 9.17) is 4.99 Å². The maximum atomic E-state index is 12.7. The van der Waals surface area contributed by atoms with Crippen LogP contribution in [0.3, 0.4) is 0 Å². The van der Waals surface area contributed by atoms with Crippen molar-refractivity contribution in [2.24, 2.45) is 4.99 Å². The first-order chi connectivity index (χ1) is 10.8. The predicted octanol–water partition coefficient (Wildman–Crippen LogP) is 4.98. The largest absolute Gasteiger partial charge is 0.511 e. The second-order valence-corrected chi connectivity index (χ2v) is 7.24. The van der Waals surface area contributed by atoms with Gasteiger partial charge < -0.3 is 5.11 Å². The molecule has 0 fully saturated rings. The molecular formula is C20H27NO2. The van der Waals surface area contributed by atoms with Gasteiger partial charge >= 0.3 is 0 Å². The molecule has 0 amide bonds. The molecule has 1 aromatic carbocycles. The van der Waals surface area contributed by atoms with Gasteiger partial charge in [0.05, 0.1) is 11.1 Å². The summed E-state index contributed by atoms with van der Waals surface area (Å²) in [5.74, 6) is 0.274. The summed E-state index contributed by atoms with van der Waals surface area (Å²) in [6.45, 7) is 8.11. The number of hydrogen-bond donors (Lipinski definition) is 1. The van der Waals surface area contributed by atoms with E-state index >= 15 is 0 Å². The van der Waals surface area contributed by atoms with Gasteiger partial charge in [0.1, 0.15) is 5.76 Å². The third-order valence-electron chi connectivity index (χ3n) is 3.96. The Morgan fingerprint density at radius 2 is 1.87 bits per heavy atom. The SMILES string of the molecule is CCCC(=NC(C)(C)C)C1=C(O)CC(c2ccccc2)CC1=O. The Bertz CT molecular complexity index is 621. The number of carbonyl (C=O) groups excluding carboxylic acids is 1. The predicted molar refractivity (Wildman–Crippen MR) is 95.2 cm³/mol. The molecule has 1 aliphatic carbocycles. The first-order valence-electron chi connectivity index (χ1n) is 8.41. The number of ketones is 1. The van der Waals surface area contributed by atoms with E-state index in [0.717, 1.165) is 24.1 Å². The smallest absolute Gasteiger partial charge is 0.168 e. The molecule has 3 heteroatoms. The minimum absolute atomic E-state index is 0.0130. The van der Waals surface area contributed by atoms with Crippen molar-refractivity contribution >= 4 is 11.5 Å². The van der Waals surface area contributed by atoms with E-state index in [2.05, 4.69) is 6.92 Å². The number of nitrogens with zero attached hydrogens (tertiary/aromatic N) is 1. The highest BCUT2D eigenvalue weighted by Gasteiger charge is 2.31. The fourth-order valence-corrected chi connectivity index (χ4v) is 3.06. The van der Waals surface area contributed by atoms with E-state index in [9.17, 15) is 9.90 Å². The van der Waals surface area contributed by atoms with E-state index in [1.807, 2.05) is 51.1 Å². The van der Waals surface area contributed by atoms with Crippen molar-refractivity contribution in [3.8, 4) is 0 Å². The monoisotopic (exact) mass is 313 g/mol. The third kappa shape index (κ3) is 4.54. The quantitative estimate of drug-likeness (QED) is 0.796. The number of aliphatic hydroxyl groups excluding tert-OH is 1. The highest BCUT2D eigenvalue weighted by molar-refractivity contribution is 6.23. The summed E-state index contributed by atoms with van der Waals surface area (Å²) in [5, 5.41) is 10.5. The average molecular weight is 313 g/mol. The maximum absolute atomic E-state index is 12.7. The molecule has 0 saturated carbocycles. The van der Waals surface area contributed by atoms with E-state index in [1.54, 1.807) is 0 Å². The fourth-order valence-electron chi connectivity index (χ4n) is 3.06. The van der Waals surface area contributed by atoms with Crippen LogP contribution in [0, 0.1) is 0 Å².